The minimum atomic E-state index is -1.96. The zero-order valence-electron chi connectivity index (χ0n) is 13.4. The van der Waals surface area contributed by atoms with E-state index >= 15 is 0 Å². The van der Waals surface area contributed by atoms with E-state index in [1.54, 1.807) is 0 Å². The van der Waals surface area contributed by atoms with Crippen LogP contribution in [-0.2, 0) is 18.4 Å². The van der Waals surface area contributed by atoms with E-state index in [0.717, 1.165) is 44.9 Å². The van der Waals surface area contributed by atoms with E-state index in [4.69, 9.17) is 13.6 Å². The Morgan fingerprint density at radius 3 is 2.30 bits per heavy atom. The molecule has 0 fully saturated rings. The summed E-state index contributed by atoms with van der Waals surface area (Å²) in [5, 5.41) is 0. The van der Waals surface area contributed by atoms with Gasteiger partial charge in [-0.15, -0.1) is 0 Å². The molecule has 4 nitrogen and oxygen atoms in total. The molecule has 0 aromatic rings. The molecule has 0 amide bonds. The molecule has 0 saturated heterocycles. The molecule has 0 aliphatic rings. The number of esters is 1. The van der Waals surface area contributed by atoms with E-state index in [1.807, 2.05) is 20.8 Å². The fraction of sp³-hybridized carbons (Fsp3) is 0.800. The molecule has 0 bridgehead atoms. The van der Waals surface area contributed by atoms with Crippen molar-refractivity contribution in [3.05, 3.63) is 12.7 Å². The Labute approximate surface area is 124 Å². The highest BCUT2D eigenvalue weighted by atomic mass is 28.4. The average Bonchev–Trinajstić information content (AvgIpc) is 2.38. The van der Waals surface area contributed by atoms with Crippen molar-refractivity contribution in [2.45, 2.75) is 65.1 Å². The van der Waals surface area contributed by atoms with Crippen molar-refractivity contribution < 1.29 is 18.4 Å². The highest BCUT2D eigenvalue weighted by molar-refractivity contribution is 6.66. The van der Waals surface area contributed by atoms with Crippen LogP contribution in [0.2, 0.25) is 12.6 Å². The minimum absolute atomic E-state index is 0.0390. The number of unbranched alkanes of at least 4 members (excludes halogenated alkanes) is 2. The fourth-order valence-electron chi connectivity index (χ4n) is 2.16. The number of rotatable bonds is 12. The van der Waals surface area contributed by atoms with Gasteiger partial charge >= 0.3 is 14.5 Å². The van der Waals surface area contributed by atoms with Gasteiger partial charge in [-0.1, -0.05) is 19.4 Å². The smallest absolute Gasteiger partial charge is 0.334 e. The van der Waals surface area contributed by atoms with E-state index in [2.05, 4.69) is 13.1 Å². The van der Waals surface area contributed by atoms with Crippen LogP contribution in [0.25, 0.3) is 0 Å². The largest absolute Gasteiger partial charge is 0.460 e. The molecule has 0 radical (unpaired) electrons. The van der Waals surface area contributed by atoms with E-state index in [-0.39, 0.29) is 12.1 Å². The minimum Gasteiger partial charge on any atom is -0.460 e. The molecule has 0 aromatic heterocycles. The number of hydrogen-bond acceptors (Lipinski definition) is 4. The second-order valence-corrected chi connectivity index (χ2v) is 8.40. The lowest BCUT2D eigenvalue weighted by atomic mass is 10.1. The normalized spacial score (nSPS) is 13.0. The molecule has 20 heavy (non-hydrogen) atoms. The van der Waals surface area contributed by atoms with Gasteiger partial charge in [0.1, 0.15) is 0 Å². The Morgan fingerprint density at radius 2 is 1.80 bits per heavy atom. The lowest BCUT2D eigenvalue weighted by molar-refractivity contribution is -0.142. The van der Waals surface area contributed by atoms with Crippen LogP contribution in [0.4, 0.5) is 0 Å². The van der Waals surface area contributed by atoms with Crippen molar-refractivity contribution in [2.75, 3.05) is 13.2 Å². The predicted octanol–water partition coefficient (Wildman–Crippen LogP) is 3.81. The van der Waals surface area contributed by atoms with Gasteiger partial charge in [0.25, 0.3) is 0 Å². The second kappa shape index (κ2) is 11.1. The molecule has 0 aliphatic heterocycles. The van der Waals surface area contributed by atoms with Gasteiger partial charge in [0.05, 0.1) is 6.10 Å². The molecule has 0 N–H and O–H groups in total. The molecule has 5 heteroatoms. The van der Waals surface area contributed by atoms with Crippen molar-refractivity contribution in [3.63, 3.8) is 0 Å². The van der Waals surface area contributed by atoms with Crippen LogP contribution >= 0.6 is 0 Å². The first-order valence-corrected chi connectivity index (χ1v) is 10.1. The van der Waals surface area contributed by atoms with Crippen LogP contribution in [0.1, 0.15) is 46.5 Å². The fourth-order valence-corrected chi connectivity index (χ4v) is 4.64. The number of carbonyl (C=O) groups excluding carboxylic acids is 1. The number of hydrogen-bond donors (Lipinski definition) is 0. The van der Waals surface area contributed by atoms with E-state index < -0.39 is 8.56 Å². The molecule has 0 spiro atoms. The molecule has 0 rings (SSSR count). The molecular formula is C15H30O4Si. The topological polar surface area (TPSA) is 44.8 Å². The summed E-state index contributed by atoms with van der Waals surface area (Å²) < 4.78 is 16.7. The van der Waals surface area contributed by atoms with Crippen molar-refractivity contribution in [3.8, 4) is 0 Å². The van der Waals surface area contributed by atoms with Gasteiger partial charge in [-0.05, 0) is 46.2 Å². The van der Waals surface area contributed by atoms with Crippen LogP contribution in [0.15, 0.2) is 12.7 Å². The van der Waals surface area contributed by atoms with E-state index in [9.17, 15) is 4.79 Å². The summed E-state index contributed by atoms with van der Waals surface area (Å²) in [4.78, 5) is 11.0. The van der Waals surface area contributed by atoms with Gasteiger partial charge in [-0.2, -0.15) is 0 Å². The third-order valence-electron chi connectivity index (χ3n) is 3.12. The van der Waals surface area contributed by atoms with Gasteiger partial charge in [0.2, 0.25) is 0 Å². The van der Waals surface area contributed by atoms with Gasteiger partial charge in [-0.3, -0.25) is 0 Å². The van der Waals surface area contributed by atoms with Crippen LogP contribution < -0.4 is 0 Å². The third-order valence-corrected chi connectivity index (χ3v) is 6.19. The quantitative estimate of drug-likeness (QED) is 0.238. The Balaban J connectivity index is 3.78. The molecular weight excluding hydrogens is 272 g/mol. The maximum absolute atomic E-state index is 11.0. The predicted molar refractivity (Wildman–Crippen MR) is 83.9 cm³/mol. The monoisotopic (exact) mass is 302 g/mol. The summed E-state index contributed by atoms with van der Waals surface area (Å²) in [6, 6.07) is 1.02. The highest BCUT2D eigenvalue weighted by Crippen LogP contribution is 2.19. The Kier molecular flexibility index (Phi) is 10.7. The SMILES string of the molecule is C=CC(=O)OC(C)CCCCC[Si](C)(OCC)OCC. The average molecular weight is 302 g/mol. The standard InChI is InChI=1S/C15H30O4Si/c1-6-15(16)19-14(4)12-10-9-11-13-20(5,17-7-2)18-8-3/h6,14H,1,7-13H2,2-5H3. The number of carbonyl (C=O) groups is 1. The summed E-state index contributed by atoms with van der Waals surface area (Å²) in [6.07, 6.45) is 5.32. The molecule has 1 atom stereocenters. The molecule has 1 unspecified atom stereocenters. The van der Waals surface area contributed by atoms with Crippen LogP contribution in [0, 0.1) is 0 Å². The highest BCUT2D eigenvalue weighted by Gasteiger charge is 2.29. The maximum atomic E-state index is 11.0. The summed E-state index contributed by atoms with van der Waals surface area (Å²) in [5.74, 6) is -0.342. The van der Waals surface area contributed by atoms with Crippen LogP contribution in [0.3, 0.4) is 0 Å². The van der Waals surface area contributed by atoms with Gasteiger partial charge in [-0.25, -0.2) is 4.79 Å². The van der Waals surface area contributed by atoms with Crippen molar-refractivity contribution in [1.82, 2.24) is 0 Å². The number of ether oxygens (including phenoxy) is 1. The Morgan fingerprint density at radius 1 is 1.20 bits per heavy atom. The Hall–Kier alpha value is -0.653. The summed E-state index contributed by atoms with van der Waals surface area (Å²) in [5.41, 5.74) is 0. The molecule has 0 saturated carbocycles. The zero-order valence-corrected chi connectivity index (χ0v) is 14.4. The van der Waals surface area contributed by atoms with Crippen molar-refractivity contribution >= 4 is 14.5 Å². The van der Waals surface area contributed by atoms with Crippen molar-refractivity contribution in [2.24, 2.45) is 0 Å². The van der Waals surface area contributed by atoms with Crippen molar-refractivity contribution in [1.29, 1.82) is 0 Å². The lowest BCUT2D eigenvalue weighted by Gasteiger charge is -2.25. The summed E-state index contributed by atoms with van der Waals surface area (Å²) >= 11 is 0. The maximum Gasteiger partial charge on any atom is 0.334 e. The van der Waals surface area contributed by atoms with Gasteiger partial charge in [0.15, 0.2) is 0 Å². The van der Waals surface area contributed by atoms with E-state index in [1.165, 1.54) is 6.08 Å². The third kappa shape index (κ3) is 9.28. The molecule has 118 valence electrons. The summed E-state index contributed by atoms with van der Waals surface area (Å²) in [6.45, 7) is 12.9. The van der Waals surface area contributed by atoms with Crippen LogP contribution in [-0.4, -0.2) is 33.8 Å². The first-order chi connectivity index (χ1) is 9.47. The molecule has 0 aromatic carbocycles. The first kappa shape index (κ1) is 19.3. The van der Waals surface area contributed by atoms with Gasteiger partial charge in [0, 0.05) is 19.3 Å². The zero-order chi connectivity index (χ0) is 15.4. The molecule has 0 aliphatic carbocycles. The summed E-state index contributed by atoms with van der Waals surface area (Å²) in [7, 11) is -1.96. The van der Waals surface area contributed by atoms with Gasteiger partial charge < -0.3 is 13.6 Å². The lowest BCUT2D eigenvalue weighted by Crippen LogP contribution is -2.38. The van der Waals surface area contributed by atoms with Crippen LogP contribution in [0.5, 0.6) is 0 Å². The Bertz CT molecular complexity index is 275. The van der Waals surface area contributed by atoms with E-state index in [0.29, 0.717) is 0 Å². The second-order valence-electron chi connectivity index (χ2n) is 5.05. The molecule has 0 heterocycles. The first-order valence-electron chi connectivity index (χ1n) is 7.58.